The molecule has 1 saturated heterocycles. The molecule has 3 N–H and O–H groups in total. The number of rotatable bonds is 12. The number of anilines is 1. The van der Waals surface area contributed by atoms with Crippen molar-refractivity contribution in [3.05, 3.63) is 100 Å². The Balaban J connectivity index is 1.32. The van der Waals surface area contributed by atoms with E-state index in [9.17, 15) is 4.79 Å². The first-order valence-corrected chi connectivity index (χ1v) is 16.5. The molecule has 0 bridgehead atoms. The number of hydrogen-bond donors (Lipinski definition) is 2. The van der Waals surface area contributed by atoms with Crippen molar-refractivity contribution in [2.75, 3.05) is 52.1 Å². The Kier molecular flexibility index (Phi) is 10.8. The zero-order valence-electron chi connectivity index (χ0n) is 24.7. The van der Waals surface area contributed by atoms with Gasteiger partial charge in [-0.15, -0.1) is 0 Å². The average molecular weight is 712 g/mol. The number of nitrogens with zero attached hydrogens (tertiary/aromatic N) is 5. The van der Waals surface area contributed by atoms with Crippen molar-refractivity contribution in [3.8, 4) is 0 Å². The number of carbonyl (C=O) groups is 1. The number of aromatic nitrogens is 2. The molecule has 226 valence electrons. The van der Waals surface area contributed by atoms with Gasteiger partial charge in [-0.05, 0) is 68.0 Å². The van der Waals surface area contributed by atoms with Gasteiger partial charge in [0.05, 0.1) is 18.1 Å². The summed E-state index contributed by atoms with van der Waals surface area (Å²) in [5.74, 6) is 0.995. The number of amides is 1. The van der Waals surface area contributed by atoms with E-state index in [2.05, 4.69) is 74.1 Å². The molecule has 0 saturated carbocycles. The Labute approximate surface area is 272 Å². The minimum Gasteiger partial charge on any atom is -0.368 e. The van der Waals surface area contributed by atoms with Crippen molar-refractivity contribution in [3.63, 3.8) is 0 Å². The maximum absolute atomic E-state index is 12.3. The van der Waals surface area contributed by atoms with Gasteiger partial charge in [-0.3, -0.25) is 14.6 Å². The molecule has 4 aromatic rings. The molecule has 1 aliphatic heterocycles. The summed E-state index contributed by atoms with van der Waals surface area (Å²) in [7, 11) is 3.96. The smallest absolute Gasteiger partial charge is 0.240 e. The van der Waals surface area contributed by atoms with Crippen LogP contribution in [0, 0.1) is 0 Å². The Morgan fingerprint density at radius 3 is 2.26 bits per heavy atom. The molecule has 5 rings (SSSR count). The SMILES string of the molecule is CN(C)CC[C@H](Nc1nc(CN2CCN(C(c3ccc(Cl)cc3)c3ccc(CI)cc3)CC2)nc2ccccc12)C(N)=O. The van der Waals surface area contributed by atoms with Crippen LogP contribution in [0.4, 0.5) is 5.82 Å². The minimum absolute atomic E-state index is 0.156. The maximum atomic E-state index is 12.3. The van der Waals surface area contributed by atoms with Crippen LogP contribution in [0.15, 0.2) is 72.8 Å². The summed E-state index contributed by atoms with van der Waals surface area (Å²) in [6.45, 7) is 4.97. The van der Waals surface area contributed by atoms with Crippen LogP contribution >= 0.6 is 34.2 Å². The molecule has 3 aromatic carbocycles. The normalized spacial score (nSPS) is 15.9. The number of nitrogens with one attached hydrogen (secondary N) is 1. The molecule has 0 spiro atoms. The molecule has 1 unspecified atom stereocenters. The summed E-state index contributed by atoms with van der Waals surface area (Å²) in [5.41, 5.74) is 10.5. The second-order valence-electron chi connectivity index (χ2n) is 11.3. The van der Waals surface area contributed by atoms with E-state index in [1.807, 2.05) is 55.4 Å². The van der Waals surface area contributed by atoms with E-state index in [-0.39, 0.29) is 11.9 Å². The van der Waals surface area contributed by atoms with Gasteiger partial charge in [0.1, 0.15) is 17.7 Å². The highest BCUT2D eigenvalue weighted by Gasteiger charge is 2.27. The second kappa shape index (κ2) is 14.8. The minimum atomic E-state index is -0.521. The van der Waals surface area contributed by atoms with Crippen molar-refractivity contribution in [1.29, 1.82) is 0 Å². The van der Waals surface area contributed by atoms with Crippen LogP contribution in [-0.2, 0) is 15.8 Å². The van der Waals surface area contributed by atoms with E-state index < -0.39 is 6.04 Å². The van der Waals surface area contributed by atoms with Crippen LogP contribution in [-0.4, -0.2) is 83.4 Å². The first kappa shape index (κ1) is 31.6. The number of fused-ring (bicyclic) bond motifs is 1. The zero-order chi connectivity index (χ0) is 30.3. The van der Waals surface area contributed by atoms with Gasteiger partial charge in [-0.25, -0.2) is 9.97 Å². The van der Waals surface area contributed by atoms with Gasteiger partial charge in [0, 0.05) is 41.0 Å². The van der Waals surface area contributed by atoms with Gasteiger partial charge >= 0.3 is 0 Å². The van der Waals surface area contributed by atoms with Gasteiger partial charge in [0.15, 0.2) is 0 Å². The molecule has 0 aliphatic carbocycles. The number of hydrogen-bond acceptors (Lipinski definition) is 7. The van der Waals surface area contributed by atoms with Crippen molar-refractivity contribution in [2.45, 2.75) is 29.5 Å². The van der Waals surface area contributed by atoms with Crippen LogP contribution in [0.1, 0.15) is 35.0 Å². The molecule has 8 nitrogen and oxygen atoms in total. The Bertz CT molecular complexity index is 1510. The topological polar surface area (TPSA) is 90.6 Å². The summed E-state index contributed by atoms with van der Waals surface area (Å²) in [6, 6.07) is 24.7. The summed E-state index contributed by atoms with van der Waals surface area (Å²) in [4.78, 5) is 29.1. The van der Waals surface area contributed by atoms with E-state index in [0.717, 1.165) is 58.9 Å². The second-order valence-corrected chi connectivity index (χ2v) is 12.5. The van der Waals surface area contributed by atoms with Gasteiger partial charge in [-0.2, -0.15) is 0 Å². The Hall–Kier alpha value is -2.83. The molecule has 2 heterocycles. The van der Waals surface area contributed by atoms with Crippen LogP contribution < -0.4 is 11.1 Å². The molecule has 1 aliphatic rings. The first-order valence-electron chi connectivity index (χ1n) is 14.6. The summed E-state index contributed by atoms with van der Waals surface area (Å²) < 4.78 is 0.996. The summed E-state index contributed by atoms with van der Waals surface area (Å²) >= 11 is 8.65. The largest absolute Gasteiger partial charge is 0.368 e. The average Bonchev–Trinajstić information content (AvgIpc) is 3.01. The third-order valence-electron chi connectivity index (χ3n) is 7.94. The molecular weight excluding hydrogens is 673 g/mol. The highest BCUT2D eigenvalue weighted by Crippen LogP contribution is 2.31. The van der Waals surface area contributed by atoms with Crippen LogP contribution in [0.5, 0.6) is 0 Å². The van der Waals surface area contributed by atoms with Crippen molar-refractivity contribution >= 4 is 56.8 Å². The lowest BCUT2D eigenvalue weighted by molar-refractivity contribution is -0.118. The molecule has 1 fully saturated rings. The van der Waals surface area contributed by atoms with Crippen LogP contribution in [0.2, 0.25) is 5.02 Å². The number of carbonyl (C=O) groups excluding carboxylic acids is 1. The molecule has 2 atom stereocenters. The summed E-state index contributed by atoms with van der Waals surface area (Å²) in [5, 5.41) is 4.96. The monoisotopic (exact) mass is 711 g/mol. The number of halogens is 2. The number of piperazine rings is 1. The van der Waals surface area contributed by atoms with Crippen LogP contribution in [0.3, 0.4) is 0 Å². The number of alkyl halides is 1. The molecule has 1 amide bonds. The number of primary amides is 1. The van der Waals surface area contributed by atoms with E-state index in [0.29, 0.717) is 18.8 Å². The van der Waals surface area contributed by atoms with Crippen molar-refractivity contribution in [2.24, 2.45) is 5.73 Å². The number of para-hydroxylation sites is 1. The highest BCUT2D eigenvalue weighted by molar-refractivity contribution is 14.1. The van der Waals surface area contributed by atoms with E-state index in [1.54, 1.807) is 0 Å². The zero-order valence-corrected chi connectivity index (χ0v) is 27.6. The fourth-order valence-corrected chi connectivity index (χ4v) is 6.21. The highest BCUT2D eigenvalue weighted by atomic mass is 127. The fraction of sp³-hybridized carbons (Fsp3) is 0.364. The van der Waals surface area contributed by atoms with Crippen molar-refractivity contribution < 1.29 is 4.79 Å². The molecule has 0 radical (unpaired) electrons. The Morgan fingerprint density at radius 2 is 1.63 bits per heavy atom. The number of nitrogens with two attached hydrogens (primary N) is 1. The quantitative estimate of drug-likeness (QED) is 0.152. The van der Waals surface area contributed by atoms with Crippen molar-refractivity contribution in [1.82, 2.24) is 24.7 Å². The van der Waals surface area contributed by atoms with E-state index >= 15 is 0 Å². The van der Waals surface area contributed by atoms with E-state index in [1.165, 1.54) is 16.7 Å². The molecule has 1 aromatic heterocycles. The molecule has 10 heteroatoms. The van der Waals surface area contributed by atoms with Crippen LogP contribution in [0.25, 0.3) is 10.9 Å². The fourth-order valence-electron chi connectivity index (χ4n) is 5.57. The number of benzene rings is 3. The lowest BCUT2D eigenvalue weighted by Gasteiger charge is -2.39. The third-order valence-corrected chi connectivity index (χ3v) is 9.07. The molecular formula is C33H39ClIN7O. The lowest BCUT2D eigenvalue weighted by Crippen LogP contribution is -2.47. The van der Waals surface area contributed by atoms with Gasteiger partial charge < -0.3 is 16.0 Å². The lowest BCUT2D eigenvalue weighted by atomic mass is 9.95. The molecule has 43 heavy (non-hydrogen) atoms. The summed E-state index contributed by atoms with van der Waals surface area (Å²) in [6.07, 6.45) is 0.591. The van der Waals surface area contributed by atoms with Gasteiger partial charge in [0.25, 0.3) is 0 Å². The predicted octanol–water partition coefficient (Wildman–Crippen LogP) is 5.34. The standard InChI is InChI=1S/C33H39ClIN7O/c1-40(2)16-15-29(32(36)43)38-33-27-5-3-4-6-28(27)37-30(39-33)22-41-17-19-42(20-18-41)31(25-11-13-26(34)14-12-25)24-9-7-23(21-35)8-10-24/h3-14,29,31H,15-22H2,1-2H3,(H2,36,43)(H,37,38,39)/t29-,31?/m0/s1. The van der Waals surface area contributed by atoms with Gasteiger partial charge in [-0.1, -0.05) is 82.7 Å². The van der Waals surface area contributed by atoms with Gasteiger partial charge in [0.2, 0.25) is 5.91 Å². The Morgan fingerprint density at radius 1 is 0.977 bits per heavy atom. The maximum Gasteiger partial charge on any atom is 0.240 e. The third kappa shape index (κ3) is 8.21. The predicted molar refractivity (Wildman–Crippen MR) is 184 cm³/mol. The van der Waals surface area contributed by atoms with E-state index in [4.69, 9.17) is 27.3 Å². The first-order chi connectivity index (χ1) is 20.8.